The Kier molecular flexibility index (Phi) is 15.7. The van der Waals surface area contributed by atoms with Gasteiger partial charge in [-0.2, -0.15) is 9.97 Å². The van der Waals surface area contributed by atoms with E-state index < -0.39 is 61.5 Å². The van der Waals surface area contributed by atoms with Crippen LogP contribution in [-0.2, 0) is 25.6 Å². The first-order valence-electron chi connectivity index (χ1n) is 18.1. The molecule has 0 bridgehead atoms. The maximum atomic E-state index is 13.4. The average molecular weight is 956 g/mol. The molecular formula is C40H42Cl2F2N6O11S2. The second-order valence-corrected chi connectivity index (χ2v) is 18.6. The number of rotatable bonds is 11. The molecule has 0 saturated heterocycles. The Labute approximate surface area is 370 Å². The van der Waals surface area contributed by atoms with Gasteiger partial charge >= 0.3 is 0 Å². The minimum Gasteiger partial charge on any atom is -0.437 e. The van der Waals surface area contributed by atoms with Crippen molar-refractivity contribution in [2.45, 2.75) is 19.4 Å². The van der Waals surface area contributed by atoms with E-state index >= 15 is 0 Å². The normalized spacial score (nSPS) is 12.3. The molecule has 1 unspecified atom stereocenters. The minimum atomic E-state index is -3.78. The number of furan rings is 2. The molecule has 63 heavy (non-hydrogen) atoms. The van der Waals surface area contributed by atoms with E-state index in [1.807, 2.05) is 0 Å². The van der Waals surface area contributed by atoms with Crippen molar-refractivity contribution in [3.05, 3.63) is 94.6 Å². The zero-order valence-electron chi connectivity index (χ0n) is 34.9. The van der Waals surface area contributed by atoms with Crippen LogP contribution in [0.3, 0.4) is 0 Å². The molecule has 4 heterocycles. The van der Waals surface area contributed by atoms with Crippen LogP contribution >= 0.6 is 23.2 Å². The number of nitrogens with one attached hydrogen (secondary N) is 2. The fourth-order valence-electron chi connectivity index (χ4n) is 5.87. The number of pyridine rings is 2. The Bertz CT molecular complexity index is 2910. The van der Waals surface area contributed by atoms with E-state index in [4.69, 9.17) is 32.0 Å². The first-order chi connectivity index (χ1) is 29.4. The molecule has 4 N–H and O–H groups in total. The van der Waals surface area contributed by atoms with Crippen LogP contribution < -0.4 is 19.2 Å². The Morgan fingerprint density at radius 3 is 1.46 bits per heavy atom. The SMILES string of the molecule is CNC(=O)c1c(-c2ccc(F)cc2)oc2nc(N(C)S(C)(=O)=O)c(C(C)(O)CO)cc12.CNC(=O)c1c(-c2ccc(F)cc2)oc2nc(N(C)S(C)(=O)=O)c(C(C)=O)cc12.ClCCl. The van der Waals surface area contributed by atoms with Crippen LogP contribution in [0, 0.1) is 11.6 Å². The maximum Gasteiger partial charge on any atom is 0.255 e. The highest BCUT2D eigenvalue weighted by molar-refractivity contribution is 7.92. The molecule has 6 aromatic rings. The lowest BCUT2D eigenvalue weighted by molar-refractivity contribution is -0.00190. The molecular weight excluding hydrogens is 914 g/mol. The van der Waals surface area contributed by atoms with Gasteiger partial charge in [-0.15, -0.1) is 23.2 Å². The fourth-order valence-corrected chi connectivity index (χ4v) is 6.78. The number of carbonyl (C=O) groups is 3. The molecule has 0 saturated carbocycles. The molecule has 0 spiro atoms. The average Bonchev–Trinajstić information content (AvgIpc) is 3.80. The molecule has 0 radical (unpaired) electrons. The van der Waals surface area contributed by atoms with Crippen molar-refractivity contribution in [3.63, 3.8) is 0 Å². The summed E-state index contributed by atoms with van der Waals surface area (Å²) in [5.41, 5.74) is -0.981. The summed E-state index contributed by atoms with van der Waals surface area (Å²) >= 11 is 9.53. The highest BCUT2D eigenvalue weighted by atomic mass is 35.5. The lowest BCUT2D eigenvalue weighted by Gasteiger charge is -2.27. The van der Waals surface area contributed by atoms with E-state index in [1.165, 1.54) is 103 Å². The first kappa shape index (κ1) is 49.9. The Hall–Kier alpha value is -5.71. The van der Waals surface area contributed by atoms with Gasteiger partial charge in [0.25, 0.3) is 11.8 Å². The van der Waals surface area contributed by atoms with Crippen molar-refractivity contribution in [3.8, 4) is 22.6 Å². The van der Waals surface area contributed by atoms with Gasteiger partial charge in [-0.05, 0) is 74.5 Å². The Morgan fingerprint density at radius 1 is 0.746 bits per heavy atom. The largest absolute Gasteiger partial charge is 0.437 e. The van der Waals surface area contributed by atoms with Crippen LogP contribution in [0.25, 0.3) is 44.8 Å². The van der Waals surface area contributed by atoms with Gasteiger partial charge in [0.2, 0.25) is 31.5 Å². The van der Waals surface area contributed by atoms with Gasteiger partial charge in [0.15, 0.2) is 17.4 Å². The molecule has 0 aliphatic heterocycles. The number of halogens is 4. The molecule has 2 amide bonds. The van der Waals surface area contributed by atoms with Gasteiger partial charge < -0.3 is 29.7 Å². The van der Waals surface area contributed by atoms with Crippen LogP contribution in [0.5, 0.6) is 0 Å². The fraction of sp³-hybridized carbons (Fsp3) is 0.275. The van der Waals surface area contributed by atoms with Crippen LogP contribution in [0.1, 0.15) is 50.5 Å². The van der Waals surface area contributed by atoms with Gasteiger partial charge in [0.1, 0.15) is 28.8 Å². The summed E-state index contributed by atoms with van der Waals surface area (Å²) in [6, 6.07) is 13.3. The summed E-state index contributed by atoms with van der Waals surface area (Å²) in [7, 11) is -2.14. The number of nitrogens with zero attached hydrogens (tertiary/aromatic N) is 4. The summed E-state index contributed by atoms with van der Waals surface area (Å²) in [6.45, 7) is 1.82. The quantitative estimate of drug-likeness (QED) is 0.0914. The zero-order chi connectivity index (χ0) is 47.4. The first-order valence-corrected chi connectivity index (χ1v) is 22.9. The molecule has 0 aliphatic carbocycles. The number of hydrogen-bond acceptors (Lipinski definition) is 13. The Balaban J connectivity index is 0.000000261. The predicted molar refractivity (Wildman–Crippen MR) is 235 cm³/mol. The van der Waals surface area contributed by atoms with Gasteiger partial charge in [-0.1, -0.05) is 0 Å². The summed E-state index contributed by atoms with van der Waals surface area (Å²) in [5, 5.41) is 26.0. The van der Waals surface area contributed by atoms with Crippen molar-refractivity contribution in [2.75, 3.05) is 61.3 Å². The standard InChI is InChI=1S/C20H22FN3O6S.C19H18FN3O5S.CH2Cl2/c1-20(27,10-25)14-9-13-15(18(26)22-2)16(11-5-7-12(21)8-6-11)30-19(13)23-17(14)24(3)31(4,28)29;1-10(24)13-9-14-15(18(25)21-2)16(11-5-7-12(20)8-6-11)28-19(14)22-17(13)23(3)29(4,26)27;2-1-3/h5-9,25,27H,10H2,1-4H3,(H,22,26);5-9H,1-4H3,(H,21,25);1H2. The third-order valence-corrected chi connectivity index (χ3v) is 11.6. The number of aromatic nitrogens is 2. The zero-order valence-corrected chi connectivity index (χ0v) is 38.0. The number of carbonyl (C=O) groups excluding carboxylic acids is 3. The molecule has 0 fully saturated rings. The Morgan fingerprint density at radius 2 is 1.11 bits per heavy atom. The summed E-state index contributed by atoms with van der Waals surface area (Å²) in [6.07, 6.45) is 1.93. The molecule has 1 atom stereocenters. The third-order valence-electron chi connectivity index (χ3n) is 9.31. The summed E-state index contributed by atoms with van der Waals surface area (Å²) < 4.78 is 88.1. The van der Waals surface area contributed by atoms with Crippen molar-refractivity contribution >= 4 is 94.7 Å². The molecule has 23 heteroatoms. The number of amides is 2. The van der Waals surface area contributed by atoms with Crippen LogP contribution in [-0.4, -0.2) is 107 Å². The number of hydrogen-bond donors (Lipinski definition) is 4. The van der Waals surface area contributed by atoms with Gasteiger partial charge in [-0.3, -0.25) is 23.0 Å². The number of Topliss-reactive ketones (excluding diaryl/α,β-unsaturated/α-hetero) is 1. The van der Waals surface area contributed by atoms with E-state index in [2.05, 4.69) is 20.6 Å². The lowest BCUT2D eigenvalue weighted by Crippen LogP contribution is -2.33. The summed E-state index contributed by atoms with van der Waals surface area (Å²) in [4.78, 5) is 45.8. The molecule has 17 nitrogen and oxygen atoms in total. The topological polar surface area (TPSA) is 243 Å². The lowest BCUT2D eigenvalue weighted by atomic mass is 9.95. The van der Waals surface area contributed by atoms with Crippen LogP contribution in [0.2, 0.25) is 0 Å². The maximum absolute atomic E-state index is 13.4. The van der Waals surface area contributed by atoms with Gasteiger partial charge in [0, 0.05) is 44.9 Å². The number of alkyl halides is 2. The molecule has 338 valence electrons. The third kappa shape index (κ3) is 10.9. The van der Waals surface area contributed by atoms with Crippen LogP contribution in [0.4, 0.5) is 20.4 Å². The predicted octanol–water partition coefficient (Wildman–Crippen LogP) is 5.60. The van der Waals surface area contributed by atoms with Gasteiger partial charge in [-0.25, -0.2) is 25.6 Å². The van der Waals surface area contributed by atoms with Crippen LogP contribution in [0.15, 0.2) is 69.5 Å². The van der Waals surface area contributed by atoms with E-state index in [0.717, 1.165) is 21.1 Å². The number of aliphatic hydroxyl groups excluding tert-OH is 1. The monoisotopic (exact) mass is 954 g/mol. The molecule has 2 aromatic carbocycles. The second kappa shape index (κ2) is 19.8. The van der Waals surface area contributed by atoms with Crippen molar-refractivity contribution in [1.29, 1.82) is 0 Å². The van der Waals surface area contributed by atoms with Crippen molar-refractivity contribution in [2.24, 2.45) is 0 Å². The second-order valence-electron chi connectivity index (χ2n) is 13.8. The van der Waals surface area contributed by atoms with E-state index in [-0.39, 0.29) is 72.9 Å². The number of benzene rings is 2. The molecule has 0 aliphatic rings. The smallest absolute Gasteiger partial charge is 0.255 e. The van der Waals surface area contributed by atoms with Crippen molar-refractivity contribution in [1.82, 2.24) is 20.6 Å². The molecule has 6 rings (SSSR count). The number of ketones is 1. The molecule has 4 aromatic heterocycles. The number of anilines is 2. The number of sulfonamides is 2. The van der Waals surface area contributed by atoms with E-state index in [1.54, 1.807) is 0 Å². The van der Waals surface area contributed by atoms with Gasteiger partial charge in [0.05, 0.1) is 51.9 Å². The van der Waals surface area contributed by atoms with Crippen molar-refractivity contribution < 1.29 is 59.0 Å². The highest BCUT2D eigenvalue weighted by Crippen LogP contribution is 2.39. The number of aliphatic hydroxyl groups is 2. The minimum absolute atomic E-state index is 0.0158. The highest BCUT2D eigenvalue weighted by Gasteiger charge is 2.34. The van der Waals surface area contributed by atoms with E-state index in [9.17, 15) is 50.2 Å². The summed E-state index contributed by atoms with van der Waals surface area (Å²) in [5.74, 6) is -2.46. The number of fused-ring (bicyclic) bond motifs is 2. The van der Waals surface area contributed by atoms with E-state index in [0.29, 0.717) is 11.1 Å².